The molecule has 1 atom stereocenters. The second-order valence-electron chi connectivity index (χ2n) is 3.47. The molecule has 0 saturated heterocycles. The maximum absolute atomic E-state index is 12.5. The van der Waals surface area contributed by atoms with Crippen LogP contribution in [0.25, 0.3) is 0 Å². The van der Waals surface area contributed by atoms with Gasteiger partial charge in [-0.05, 0) is 13.3 Å². The van der Waals surface area contributed by atoms with Crippen LogP contribution in [0, 0.1) is 0 Å². The zero-order chi connectivity index (χ0) is 13.4. The zero-order valence-corrected chi connectivity index (χ0v) is 8.89. The molecule has 98 valence electrons. The summed E-state index contributed by atoms with van der Waals surface area (Å²) in [7, 11) is 0. The molecular weight excluding hydrogens is 252 g/mol. The van der Waals surface area contributed by atoms with Crippen molar-refractivity contribution >= 4 is 0 Å². The lowest BCUT2D eigenvalue weighted by molar-refractivity contribution is -0.156. The Kier molecular flexibility index (Phi) is 3.40. The number of nitrogens with zero attached hydrogens (tertiary/aromatic N) is 3. The van der Waals surface area contributed by atoms with Crippen molar-refractivity contribution < 1.29 is 26.3 Å². The molecule has 3 nitrogen and oxygen atoms in total. The summed E-state index contributed by atoms with van der Waals surface area (Å²) in [5.74, 6) is -3.25. The zero-order valence-electron chi connectivity index (χ0n) is 8.89. The molecular formula is C8H9F6N3. The van der Waals surface area contributed by atoms with Gasteiger partial charge in [0.2, 0.25) is 11.6 Å². The maximum Gasteiger partial charge on any atom is 0.451 e. The molecule has 0 radical (unpaired) electrons. The molecule has 0 aromatic carbocycles. The molecule has 1 rings (SSSR count). The molecule has 1 aromatic rings. The molecule has 0 fully saturated rings. The predicted octanol–water partition coefficient (Wildman–Crippen LogP) is 3.29. The Bertz CT molecular complexity index is 359. The third-order valence-electron chi connectivity index (χ3n) is 2.23. The van der Waals surface area contributed by atoms with Crippen LogP contribution in [0.3, 0.4) is 0 Å². The molecule has 0 aliphatic heterocycles. The van der Waals surface area contributed by atoms with Crippen LogP contribution in [0.2, 0.25) is 0 Å². The van der Waals surface area contributed by atoms with E-state index in [-0.39, 0.29) is 11.0 Å². The standard InChI is InChI=1S/C8H9F6N3/c1-3-4(2)17-5(7(9,10)11)15-16-6(17)8(12,13)14/h4H,3H2,1-2H3. The van der Waals surface area contributed by atoms with Crippen LogP contribution in [0.5, 0.6) is 0 Å². The Labute approximate surface area is 92.4 Å². The number of rotatable bonds is 2. The third kappa shape index (κ3) is 2.70. The van der Waals surface area contributed by atoms with Crippen molar-refractivity contribution in [3.63, 3.8) is 0 Å². The lowest BCUT2D eigenvalue weighted by Crippen LogP contribution is -2.23. The maximum atomic E-state index is 12.5. The molecule has 0 aliphatic carbocycles. The fourth-order valence-corrected chi connectivity index (χ4v) is 1.28. The summed E-state index contributed by atoms with van der Waals surface area (Å²) in [6, 6.07) is -0.988. The minimum Gasteiger partial charge on any atom is -0.297 e. The van der Waals surface area contributed by atoms with Crippen LogP contribution in [0.4, 0.5) is 26.3 Å². The molecule has 1 heterocycles. The lowest BCUT2D eigenvalue weighted by atomic mass is 10.2. The number of hydrogen-bond donors (Lipinski definition) is 0. The molecule has 0 N–H and O–H groups in total. The van der Waals surface area contributed by atoms with E-state index in [0.717, 1.165) is 0 Å². The summed E-state index contributed by atoms with van der Waals surface area (Å²) in [4.78, 5) is 0. The van der Waals surface area contributed by atoms with Crippen LogP contribution in [0.1, 0.15) is 38.0 Å². The highest BCUT2D eigenvalue weighted by molar-refractivity contribution is 5.04. The minimum atomic E-state index is -4.96. The van der Waals surface area contributed by atoms with Crippen molar-refractivity contribution in [2.45, 2.75) is 38.7 Å². The van der Waals surface area contributed by atoms with Crippen molar-refractivity contribution in [2.75, 3.05) is 0 Å². The molecule has 0 aliphatic rings. The quantitative estimate of drug-likeness (QED) is 0.765. The highest BCUT2D eigenvalue weighted by atomic mass is 19.4. The smallest absolute Gasteiger partial charge is 0.297 e. The average molecular weight is 261 g/mol. The second-order valence-corrected chi connectivity index (χ2v) is 3.47. The predicted molar refractivity (Wildman–Crippen MR) is 45.0 cm³/mol. The van der Waals surface area contributed by atoms with Gasteiger partial charge in [0.15, 0.2) is 0 Å². The van der Waals surface area contributed by atoms with Crippen molar-refractivity contribution in [1.82, 2.24) is 14.8 Å². The van der Waals surface area contributed by atoms with E-state index in [4.69, 9.17) is 0 Å². The first kappa shape index (κ1) is 13.8. The summed E-state index contributed by atoms with van der Waals surface area (Å²) in [5.41, 5.74) is 0. The largest absolute Gasteiger partial charge is 0.451 e. The fraction of sp³-hybridized carbons (Fsp3) is 0.750. The molecule has 1 unspecified atom stereocenters. The summed E-state index contributed by atoms with van der Waals surface area (Å²) in [6.07, 6.45) is -9.82. The molecule has 0 bridgehead atoms. The van der Waals surface area contributed by atoms with Gasteiger partial charge in [-0.15, -0.1) is 10.2 Å². The van der Waals surface area contributed by atoms with Crippen molar-refractivity contribution in [1.29, 1.82) is 0 Å². The molecule has 0 amide bonds. The van der Waals surface area contributed by atoms with Gasteiger partial charge in [-0.25, -0.2) is 0 Å². The summed E-state index contributed by atoms with van der Waals surface area (Å²) in [5, 5.41) is 5.18. The normalized spacial score (nSPS) is 15.1. The van der Waals surface area contributed by atoms with Gasteiger partial charge >= 0.3 is 12.4 Å². The molecule has 0 saturated carbocycles. The summed E-state index contributed by atoms with van der Waals surface area (Å²) >= 11 is 0. The van der Waals surface area contributed by atoms with Crippen molar-refractivity contribution in [2.24, 2.45) is 0 Å². The molecule has 9 heteroatoms. The van der Waals surface area contributed by atoms with Gasteiger partial charge in [-0.1, -0.05) is 6.92 Å². The van der Waals surface area contributed by atoms with Gasteiger partial charge < -0.3 is 0 Å². The minimum absolute atomic E-state index is 0.0833. The van der Waals surface area contributed by atoms with E-state index in [9.17, 15) is 26.3 Å². The average Bonchev–Trinajstić information content (AvgIpc) is 2.58. The SMILES string of the molecule is CCC(C)n1c(C(F)(F)F)nnc1C(F)(F)F. The molecule has 17 heavy (non-hydrogen) atoms. The van der Waals surface area contributed by atoms with E-state index < -0.39 is 30.0 Å². The van der Waals surface area contributed by atoms with Crippen LogP contribution in [-0.4, -0.2) is 14.8 Å². The first-order valence-corrected chi connectivity index (χ1v) is 4.68. The van der Waals surface area contributed by atoms with Crippen LogP contribution >= 0.6 is 0 Å². The van der Waals surface area contributed by atoms with Gasteiger partial charge in [0, 0.05) is 6.04 Å². The number of aromatic nitrogens is 3. The fourth-order valence-electron chi connectivity index (χ4n) is 1.28. The Morgan fingerprint density at radius 2 is 1.35 bits per heavy atom. The molecule has 0 spiro atoms. The van der Waals surface area contributed by atoms with Crippen LogP contribution in [0.15, 0.2) is 0 Å². The topological polar surface area (TPSA) is 30.7 Å². The summed E-state index contributed by atoms with van der Waals surface area (Å²) < 4.78 is 74.8. The Morgan fingerprint density at radius 1 is 1.00 bits per heavy atom. The second kappa shape index (κ2) is 4.19. The molecule has 1 aromatic heterocycles. The van der Waals surface area contributed by atoms with E-state index in [2.05, 4.69) is 10.2 Å². The summed E-state index contributed by atoms with van der Waals surface area (Å²) in [6.45, 7) is 2.72. The number of alkyl halides is 6. The Morgan fingerprint density at radius 3 is 1.59 bits per heavy atom. The number of hydrogen-bond acceptors (Lipinski definition) is 2. The van der Waals surface area contributed by atoms with E-state index in [0.29, 0.717) is 0 Å². The van der Waals surface area contributed by atoms with E-state index in [1.807, 2.05) is 0 Å². The lowest BCUT2D eigenvalue weighted by Gasteiger charge is -2.18. The highest BCUT2D eigenvalue weighted by Crippen LogP contribution is 2.36. The first-order valence-electron chi connectivity index (χ1n) is 4.68. The van der Waals surface area contributed by atoms with Gasteiger partial charge in [-0.2, -0.15) is 26.3 Å². The van der Waals surface area contributed by atoms with E-state index >= 15 is 0 Å². The van der Waals surface area contributed by atoms with E-state index in [1.165, 1.54) is 13.8 Å². The Hall–Kier alpha value is -1.28. The first-order chi connectivity index (χ1) is 7.59. The number of halogens is 6. The van der Waals surface area contributed by atoms with Gasteiger partial charge in [0.25, 0.3) is 0 Å². The van der Waals surface area contributed by atoms with Crippen molar-refractivity contribution in [3.05, 3.63) is 11.6 Å². The van der Waals surface area contributed by atoms with Crippen molar-refractivity contribution in [3.8, 4) is 0 Å². The van der Waals surface area contributed by atoms with E-state index in [1.54, 1.807) is 0 Å². The van der Waals surface area contributed by atoms with Crippen LogP contribution < -0.4 is 0 Å². The van der Waals surface area contributed by atoms with Gasteiger partial charge in [0.05, 0.1) is 0 Å². The highest BCUT2D eigenvalue weighted by Gasteiger charge is 2.45. The Balaban J connectivity index is 3.41. The van der Waals surface area contributed by atoms with Gasteiger partial charge in [0.1, 0.15) is 0 Å². The van der Waals surface area contributed by atoms with Gasteiger partial charge in [-0.3, -0.25) is 4.57 Å². The van der Waals surface area contributed by atoms with Crippen LogP contribution in [-0.2, 0) is 12.4 Å². The third-order valence-corrected chi connectivity index (χ3v) is 2.23. The monoisotopic (exact) mass is 261 g/mol.